The number of hydrogen-bond acceptors (Lipinski definition) is 3. The van der Waals surface area contributed by atoms with E-state index in [9.17, 15) is 0 Å². The molecule has 9 heavy (non-hydrogen) atoms. The monoisotopic (exact) mass is 184 g/mol. The first-order chi connectivity index (χ1) is 3.41. The topological polar surface area (TPSA) is 74.6 Å². The van der Waals surface area contributed by atoms with Crippen LogP contribution in [0.3, 0.4) is 0 Å². The maximum absolute atomic E-state index is 9.05. The van der Waals surface area contributed by atoms with E-state index in [0.29, 0.717) is 0 Å². The summed E-state index contributed by atoms with van der Waals surface area (Å²) in [6.07, 6.45) is 0. The SMILES string of the molecule is CCO.O=S(=O)(O)S.[NaH]. The van der Waals surface area contributed by atoms with Gasteiger partial charge in [0.15, 0.2) is 0 Å². The predicted molar refractivity (Wildman–Crippen MR) is 40.4 cm³/mol. The molecule has 0 aromatic rings. The molecule has 0 saturated carbocycles. The van der Waals surface area contributed by atoms with Crippen molar-refractivity contribution in [2.24, 2.45) is 0 Å². The van der Waals surface area contributed by atoms with Gasteiger partial charge in [-0.25, -0.2) is 0 Å². The zero-order chi connectivity index (χ0) is 7.21. The zero-order valence-electron chi connectivity index (χ0n) is 4.27. The van der Waals surface area contributed by atoms with Crippen molar-refractivity contribution >= 4 is 50.4 Å². The van der Waals surface area contributed by atoms with Crippen LogP contribution in [0, 0.1) is 0 Å². The number of aliphatic hydroxyl groups is 1. The average molecular weight is 184 g/mol. The van der Waals surface area contributed by atoms with Crippen LogP contribution in [-0.2, 0) is 9.15 Å². The van der Waals surface area contributed by atoms with Crippen LogP contribution in [0.1, 0.15) is 6.92 Å². The molecule has 7 heteroatoms. The van der Waals surface area contributed by atoms with Crippen LogP contribution in [0.5, 0.6) is 0 Å². The molecule has 2 N–H and O–H groups in total. The summed E-state index contributed by atoms with van der Waals surface area (Å²) in [7, 11) is -3.97. The Labute approximate surface area is 81.5 Å². The first kappa shape index (κ1) is 16.7. The minimum absolute atomic E-state index is 0. The van der Waals surface area contributed by atoms with Crippen LogP contribution in [-0.4, -0.2) is 54.2 Å². The molecule has 0 aliphatic carbocycles. The molecule has 54 valence electrons. The first-order valence-corrected chi connectivity index (χ1v) is 4.21. The van der Waals surface area contributed by atoms with Crippen molar-refractivity contribution in [3.63, 3.8) is 0 Å². The van der Waals surface area contributed by atoms with E-state index in [1.54, 1.807) is 6.92 Å². The van der Waals surface area contributed by atoms with Gasteiger partial charge in [0.25, 0.3) is 0 Å². The van der Waals surface area contributed by atoms with Gasteiger partial charge in [-0.15, -0.1) is 0 Å². The Kier molecular flexibility index (Phi) is 17.1. The molecule has 0 atom stereocenters. The van der Waals surface area contributed by atoms with Crippen molar-refractivity contribution in [1.82, 2.24) is 0 Å². The van der Waals surface area contributed by atoms with E-state index < -0.39 is 9.15 Å². The molecule has 0 saturated heterocycles. The Morgan fingerprint density at radius 1 is 1.56 bits per heavy atom. The summed E-state index contributed by atoms with van der Waals surface area (Å²) in [6.45, 7) is 1.93. The van der Waals surface area contributed by atoms with Gasteiger partial charge in [-0.2, -0.15) is 8.42 Å². The molecular formula is C2H9NaO4S2. The fraction of sp³-hybridized carbons (Fsp3) is 1.00. The van der Waals surface area contributed by atoms with Crippen molar-refractivity contribution in [3.05, 3.63) is 0 Å². The first-order valence-electron chi connectivity index (χ1n) is 1.72. The maximum atomic E-state index is 9.05. The van der Waals surface area contributed by atoms with Crippen molar-refractivity contribution in [2.45, 2.75) is 6.92 Å². The van der Waals surface area contributed by atoms with Gasteiger partial charge < -0.3 is 5.11 Å². The molecule has 4 nitrogen and oxygen atoms in total. The van der Waals surface area contributed by atoms with Gasteiger partial charge in [-0.05, 0) is 18.6 Å². The fourth-order valence-electron chi connectivity index (χ4n) is 0. The van der Waals surface area contributed by atoms with Crippen LogP contribution >= 0.6 is 11.7 Å². The zero-order valence-corrected chi connectivity index (χ0v) is 5.98. The van der Waals surface area contributed by atoms with E-state index in [1.165, 1.54) is 0 Å². The molecule has 0 aliphatic rings. The normalized spacial score (nSPS) is 8.44. The van der Waals surface area contributed by atoms with Gasteiger partial charge in [0.2, 0.25) is 0 Å². The van der Waals surface area contributed by atoms with Gasteiger partial charge in [-0.1, -0.05) is 0 Å². The molecule has 0 fully saturated rings. The van der Waals surface area contributed by atoms with Crippen molar-refractivity contribution in [2.75, 3.05) is 6.61 Å². The molecule has 0 aromatic carbocycles. The summed E-state index contributed by atoms with van der Waals surface area (Å²) in [5, 5.41) is 7.57. The molecule has 0 aromatic heterocycles. The summed E-state index contributed by atoms with van der Waals surface area (Å²) < 4.78 is 25.5. The summed E-state index contributed by atoms with van der Waals surface area (Å²) >= 11 is 2.65. The second-order valence-electron chi connectivity index (χ2n) is 0.764. The third kappa shape index (κ3) is 323. The van der Waals surface area contributed by atoms with Crippen molar-refractivity contribution < 1.29 is 18.1 Å². The molecule has 0 unspecified atom stereocenters. The third-order valence-corrected chi connectivity index (χ3v) is 0. The van der Waals surface area contributed by atoms with E-state index in [0.717, 1.165) is 0 Å². The van der Waals surface area contributed by atoms with Gasteiger partial charge in [-0.3, -0.25) is 4.55 Å². The third-order valence-electron chi connectivity index (χ3n) is 0. The van der Waals surface area contributed by atoms with Crippen LogP contribution in [0.15, 0.2) is 0 Å². The summed E-state index contributed by atoms with van der Waals surface area (Å²) in [5.41, 5.74) is 0. The Bertz CT molecular complexity index is 111. The van der Waals surface area contributed by atoms with Crippen LogP contribution in [0.25, 0.3) is 0 Å². The van der Waals surface area contributed by atoms with E-state index >= 15 is 0 Å². The number of hydrogen-bond donors (Lipinski definition) is 3. The van der Waals surface area contributed by atoms with Gasteiger partial charge in [0.1, 0.15) is 0 Å². The van der Waals surface area contributed by atoms with Gasteiger partial charge in [0.05, 0.1) is 0 Å². The Balaban J connectivity index is -0.0000000800. The van der Waals surface area contributed by atoms with Crippen molar-refractivity contribution in [1.29, 1.82) is 0 Å². The van der Waals surface area contributed by atoms with Gasteiger partial charge >= 0.3 is 38.7 Å². The molecule has 0 rings (SSSR count). The average Bonchev–Trinajstić information content (AvgIpc) is 1.27. The molecule has 0 spiro atoms. The standard InChI is InChI=1S/C2H6O.Na.H2O3S2.H/c1-2-3;;1-5(2,3)4;/h3H,2H2,1H3;;(H2,1,2,3,4);. The minimum atomic E-state index is -3.97. The van der Waals surface area contributed by atoms with E-state index in [4.69, 9.17) is 18.1 Å². The quantitative estimate of drug-likeness (QED) is 0.197. The fourth-order valence-corrected chi connectivity index (χ4v) is 0. The van der Waals surface area contributed by atoms with Crippen LogP contribution in [0.4, 0.5) is 0 Å². The van der Waals surface area contributed by atoms with E-state index in [-0.39, 0.29) is 36.2 Å². The second kappa shape index (κ2) is 9.22. The summed E-state index contributed by atoms with van der Waals surface area (Å²) in [5.74, 6) is 0. The molecule has 0 amide bonds. The number of rotatable bonds is 0. The van der Waals surface area contributed by atoms with E-state index in [1.807, 2.05) is 0 Å². The molecule has 0 radical (unpaired) electrons. The molecule has 0 heterocycles. The van der Waals surface area contributed by atoms with Gasteiger partial charge in [0, 0.05) is 6.61 Å². The number of aliphatic hydroxyl groups excluding tert-OH is 1. The second-order valence-corrected chi connectivity index (χ2v) is 3.04. The molecular weight excluding hydrogens is 175 g/mol. The Morgan fingerprint density at radius 3 is 1.56 bits per heavy atom. The van der Waals surface area contributed by atoms with Crippen LogP contribution < -0.4 is 0 Å². The molecule has 0 bridgehead atoms. The Hall–Kier alpha value is 1.22. The Morgan fingerprint density at radius 2 is 1.56 bits per heavy atom. The predicted octanol–water partition coefficient (Wildman–Crippen LogP) is -0.931. The summed E-state index contributed by atoms with van der Waals surface area (Å²) in [4.78, 5) is 0. The van der Waals surface area contributed by atoms with E-state index in [2.05, 4.69) is 11.7 Å². The number of thiol groups is 1. The molecule has 0 aliphatic heterocycles. The van der Waals surface area contributed by atoms with Crippen LogP contribution in [0.2, 0.25) is 0 Å². The van der Waals surface area contributed by atoms with Crippen molar-refractivity contribution in [3.8, 4) is 0 Å². The summed E-state index contributed by atoms with van der Waals surface area (Å²) in [6, 6.07) is 0.